The number of hydrogen-bond donors (Lipinski definition) is 3. The van der Waals surface area contributed by atoms with Crippen molar-refractivity contribution in [3.8, 4) is 5.75 Å². The van der Waals surface area contributed by atoms with E-state index in [4.69, 9.17) is 16.3 Å². The molecule has 0 aliphatic heterocycles. The Morgan fingerprint density at radius 2 is 2.03 bits per heavy atom. The SMILES string of the molecule is COc1c(NC(=O)/C=C/CNC(C)C)ccc2ncnc(Nc3cccc(Cl)c3F)c12. The van der Waals surface area contributed by atoms with E-state index in [0.717, 1.165) is 0 Å². The van der Waals surface area contributed by atoms with Crippen LogP contribution in [0.4, 0.5) is 21.6 Å². The van der Waals surface area contributed by atoms with Crippen molar-refractivity contribution in [1.29, 1.82) is 0 Å². The van der Waals surface area contributed by atoms with Crippen molar-refractivity contribution in [2.75, 3.05) is 24.3 Å². The monoisotopic (exact) mass is 443 g/mol. The summed E-state index contributed by atoms with van der Waals surface area (Å²) >= 11 is 5.88. The zero-order valence-electron chi connectivity index (χ0n) is 17.4. The molecule has 3 rings (SSSR count). The summed E-state index contributed by atoms with van der Waals surface area (Å²) in [6.45, 7) is 4.63. The first-order chi connectivity index (χ1) is 14.9. The summed E-state index contributed by atoms with van der Waals surface area (Å²) in [5.74, 6) is -0.240. The molecule has 0 fully saturated rings. The Morgan fingerprint density at radius 3 is 2.77 bits per heavy atom. The van der Waals surface area contributed by atoms with Crippen molar-refractivity contribution in [1.82, 2.24) is 15.3 Å². The van der Waals surface area contributed by atoms with Crippen LogP contribution < -0.4 is 20.7 Å². The van der Waals surface area contributed by atoms with Crippen LogP contribution in [-0.4, -0.2) is 35.6 Å². The first-order valence-electron chi connectivity index (χ1n) is 9.64. The van der Waals surface area contributed by atoms with Gasteiger partial charge in [-0.05, 0) is 24.3 Å². The van der Waals surface area contributed by atoms with E-state index in [2.05, 4.69) is 25.9 Å². The number of carbonyl (C=O) groups excluding carboxylic acids is 1. The molecule has 0 radical (unpaired) electrons. The van der Waals surface area contributed by atoms with Gasteiger partial charge in [0.25, 0.3) is 0 Å². The Bertz CT molecular complexity index is 1120. The Morgan fingerprint density at radius 1 is 1.23 bits per heavy atom. The van der Waals surface area contributed by atoms with Crippen molar-refractivity contribution in [3.05, 3.63) is 59.7 Å². The van der Waals surface area contributed by atoms with Crippen LogP contribution in [0.2, 0.25) is 5.02 Å². The minimum absolute atomic E-state index is 0.0120. The summed E-state index contributed by atoms with van der Waals surface area (Å²) in [5, 5.41) is 9.41. The van der Waals surface area contributed by atoms with Crippen LogP contribution in [0.15, 0.2) is 48.8 Å². The van der Waals surface area contributed by atoms with Crippen LogP contribution in [0.5, 0.6) is 5.75 Å². The van der Waals surface area contributed by atoms with E-state index in [1.165, 1.54) is 25.6 Å². The van der Waals surface area contributed by atoms with Crippen LogP contribution in [0.1, 0.15) is 13.8 Å². The molecule has 3 N–H and O–H groups in total. The van der Waals surface area contributed by atoms with Crippen LogP contribution in [-0.2, 0) is 4.79 Å². The first-order valence-corrected chi connectivity index (χ1v) is 10.0. The average Bonchev–Trinajstić information content (AvgIpc) is 2.74. The number of nitrogens with zero attached hydrogens (tertiary/aromatic N) is 2. The number of aromatic nitrogens is 2. The highest BCUT2D eigenvalue weighted by atomic mass is 35.5. The minimum Gasteiger partial charge on any atom is -0.494 e. The van der Waals surface area contributed by atoms with Gasteiger partial charge in [-0.1, -0.05) is 37.6 Å². The fraction of sp³-hybridized carbons (Fsp3) is 0.227. The second kappa shape index (κ2) is 10.2. The Kier molecular flexibility index (Phi) is 7.38. The molecule has 9 heteroatoms. The van der Waals surface area contributed by atoms with Gasteiger partial charge in [-0.3, -0.25) is 4.79 Å². The standard InChI is InChI=1S/C22H23ClFN5O2/c1-13(2)25-11-5-8-18(30)28-17-10-9-15-19(21(17)31-3)22(27-12-26-15)29-16-7-4-6-14(23)20(16)24/h4-10,12-13,25H,11H2,1-3H3,(H,28,30)(H,26,27,29)/b8-5+. The summed E-state index contributed by atoms with van der Waals surface area (Å²) in [7, 11) is 1.48. The maximum Gasteiger partial charge on any atom is 0.248 e. The Labute approximate surface area is 184 Å². The zero-order chi connectivity index (χ0) is 22.4. The molecular weight excluding hydrogens is 421 g/mol. The number of rotatable bonds is 8. The van der Waals surface area contributed by atoms with E-state index >= 15 is 0 Å². The largest absolute Gasteiger partial charge is 0.494 e. The van der Waals surface area contributed by atoms with Gasteiger partial charge in [0, 0.05) is 18.7 Å². The summed E-state index contributed by atoms with van der Waals surface area (Å²) in [4.78, 5) is 20.8. The van der Waals surface area contributed by atoms with Gasteiger partial charge in [-0.2, -0.15) is 0 Å². The molecule has 1 amide bonds. The molecule has 0 atom stereocenters. The molecular formula is C22H23ClFN5O2. The van der Waals surface area contributed by atoms with Crippen molar-refractivity contribution in [2.24, 2.45) is 0 Å². The van der Waals surface area contributed by atoms with Gasteiger partial charge in [0.2, 0.25) is 5.91 Å². The van der Waals surface area contributed by atoms with E-state index in [1.54, 1.807) is 30.3 Å². The van der Waals surface area contributed by atoms with Gasteiger partial charge in [-0.25, -0.2) is 14.4 Å². The average molecular weight is 444 g/mol. The fourth-order valence-corrected chi connectivity index (χ4v) is 3.07. The molecule has 162 valence electrons. The summed E-state index contributed by atoms with van der Waals surface area (Å²) < 4.78 is 19.9. The Hall–Kier alpha value is -3.23. The highest BCUT2D eigenvalue weighted by molar-refractivity contribution is 6.31. The third-order valence-corrected chi connectivity index (χ3v) is 4.63. The van der Waals surface area contributed by atoms with Crippen LogP contribution >= 0.6 is 11.6 Å². The lowest BCUT2D eigenvalue weighted by molar-refractivity contribution is -0.111. The second-order valence-corrected chi connectivity index (χ2v) is 7.35. The molecule has 0 aliphatic rings. The van der Waals surface area contributed by atoms with E-state index in [0.29, 0.717) is 40.7 Å². The minimum atomic E-state index is -0.598. The molecule has 3 aromatic rings. The molecule has 0 aliphatic carbocycles. The number of halogens is 2. The molecule has 7 nitrogen and oxygen atoms in total. The van der Waals surface area contributed by atoms with E-state index in [-0.39, 0.29) is 16.6 Å². The third-order valence-electron chi connectivity index (χ3n) is 4.34. The summed E-state index contributed by atoms with van der Waals surface area (Å²) in [6, 6.07) is 8.36. The fourth-order valence-electron chi connectivity index (χ4n) is 2.90. The Balaban J connectivity index is 1.93. The number of hydrogen-bond acceptors (Lipinski definition) is 6. The predicted octanol–water partition coefficient (Wildman–Crippen LogP) is 4.67. The van der Waals surface area contributed by atoms with Gasteiger partial charge in [0.1, 0.15) is 12.1 Å². The molecule has 0 spiro atoms. The van der Waals surface area contributed by atoms with Gasteiger partial charge in [0.05, 0.1) is 34.4 Å². The molecule has 2 aromatic carbocycles. The van der Waals surface area contributed by atoms with Crippen LogP contribution in [0.25, 0.3) is 10.9 Å². The van der Waals surface area contributed by atoms with E-state index in [9.17, 15) is 9.18 Å². The molecule has 1 aromatic heterocycles. The molecule has 1 heterocycles. The molecule has 31 heavy (non-hydrogen) atoms. The predicted molar refractivity (Wildman–Crippen MR) is 122 cm³/mol. The van der Waals surface area contributed by atoms with Gasteiger partial charge in [0.15, 0.2) is 11.6 Å². The molecule has 0 saturated carbocycles. The number of fused-ring (bicyclic) bond motifs is 1. The van der Waals surface area contributed by atoms with Crippen molar-refractivity contribution in [3.63, 3.8) is 0 Å². The van der Waals surface area contributed by atoms with Crippen LogP contribution in [0.3, 0.4) is 0 Å². The lowest BCUT2D eigenvalue weighted by Crippen LogP contribution is -2.22. The number of benzene rings is 2. The van der Waals surface area contributed by atoms with Gasteiger partial charge >= 0.3 is 0 Å². The number of ether oxygens (including phenoxy) is 1. The maximum absolute atomic E-state index is 14.4. The van der Waals surface area contributed by atoms with Crippen molar-refractivity contribution < 1.29 is 13.9 Å². The van der Waals surface area contributed by atoms with E-state index in [1.807, 2.05) is 13.8 Å². The first kappa shape index (κ1) is 22.5. The lowest BCUT2D eigenvalue weighted by atomic mass is 10.1. The van der Waals surface area contributed by atoms with Gasteiger partial charge < -0.3 is 20.7 Å². The number of anilines is 3. The quantitative estimate of drug-likeness (QED) is 0.438. The normalized spacial score (nSPS) is 11.3. The number of nitrogens with one attached hydrogen (secondary N) is 3. The van der Waals surface area contributed by atoms with Crippen molar-refractivity contribution in [2.45, 2.75) is 19.9 Å². The molecule has 0 saturated heterocycles. The highest BCUT2D eigenvalue weighted by Gasteiger charge is 2.17. The lowest BCUT2D eigenvalue weighted by Gasteiger charge is -2.15. The summed E-state index contributed by atoms with van der Waals surface area (Å²) in [6.07, 6.45) is 4.54. The van der Waals surface area contributed by atoms with Crippen molar-refractivity contribution >= 4 is 45.6 Å². The van der Waals surface area contributed by atoms with Crippen LogP contribution in [0, 0.1) is 5.82 Å². The smallest absolute Gasteiger partial charge is 0.248 e. The highest BCUT2D eigenvalue weighted by Crippen LogP contribution is 2.38. The number of amides is 1. The zero-order valence-corrected chi connectivity index (χ0v) is 18.1. The maximum atomic E-state index is 14.4. The summed E-state index contributed by atoms with van der Waals surface area (Å²) in [5.41, 5.74) is 1.15. The molecule has 0 unspecified atom stereocenters. The van der Waals surface area contributed by atoms with Gasteiger partial charge in [-0.15, -0.1) is 0 Å². The number of methoxy groups -OCH3 is 1. The van der Waals surface area contributed by atoms with E-state index < -0.39 is 5.82 Å². The second-order valence-electron chi connectivity index (χ2n) is 6.94. The number of carbonyl (C=O) groups is 1. The molecule has 0 bridgehead atoms. The topological polar surface area (TPSA) is 88.2 Å². The third kappa shape index (κ3) is 5.48.